The predicted octanol–water partition coefficient (Wildman–Crippen LogP) is 1.63. The van der Waals surface area contributed by atoms with E-state index in [0.29, 0.717) is 0 Å². The summed E-state index contributed by atoms with van der Waals surface area (Å²) in [6.07, 6.45) is -3.63. The van der Waals surface area contributed by atoms with Crippen LogP contribution in [0.5, 0.6) is 0 Å². The standard InChI is InChI=1S/C7H8F4N4/c1-12-6-13-2-4(8)5(15-6)14-3-7(9,10)11/h2H,3H2,1H3,(H2,12,13,14,15). The fraction of sp³-hybridized carbons (Fsp3) is 0.429. The third kappa shape index (κ3) is 3.56. The zero-order chi connectivity index (χ0) is 11.5. The van der Waals surface area contributed by atoms with Crippen molar-refractivity contribution in [3.8, 4) is 0 Å². The molecule has 0 radical (unpaired) electrons. The Labute approximate surface area is 82.7 Å². The lowest BCUT2D eigenvalue weighted by molar-refractivity contribution is -0.115. The molecular weight excluding hydrogens is 216 g/mol. The maximum Gasteiger partial charge on any atom is 0.405 e. The highest BCUT2D eigenvalue weighted by Crippen LogP contribution is 2.17. The van der Waals surface area contributed by atoms with E-state index in [1.54, 1.807) is 0 Å². The summed E-state index contributed by atoms with van der Waals surface area (Å²) in [6.45, 7) is -1.34. The van der Waals surface area contributed by atoms with Crippen LogP contribution in [0.15, 0.2) is 6.20 Å². The van der Waals surface area contributed by atoms with E-state index in [9.17, 15) is 17.6 Å². The topological polar surface area (TPSA) is 49.8 Å². The summed E-state index contributed by atoms with van der Waals surface area (Å²) in [5.41, 5.74) is 0. The monoisotopic (exact) mass is 224 g/mol. The molecular formula is C7H8F4N4. The van der Waals surface area contributed by atoms with E-state index in [1.165, 1.54) is 7.05 Å². The number of alkyl halides is 3. The van der Waals surface area contributed by atoms with Crippen molar-refractivity contribution in [1.29, 1.82) is 0 Å². The minimum Gasteiger partial charge on any atom is -0.359 e. The van der Waals surface area contributed by atoms with Crippen LogP contribution in [0, 0.1) is 5.82 Å². The first kappa shape index (κ1) is 11.5. The minimum atomic E-state index is -4.42. The summed E-state index contributed by atoms with van der Waals surface area (Å²) in [6, 6.07) is 0. The number of hydrogen-bond acceptors (Lipinski definition) is 4. The second kappa shape index (κ2) is 4.28. The van der Waals surface area contributed by atoms with Crippen molar-refractivity contribution in [1.82, 2.24) is 9.97 Å². The van der Waals surface area contributed by atoms with Gasteiger partial charge in [0.15, 0.2) is 11.6 Å². The largest absolute Gasteiger partial charge is 0.405 e. The Morgan fingerprint density at radius 3 is 2.60 bits per heavy atom. The van der Waals surface area contributed by atoms with Crippen molar-refractivity contribution < 1.29 is 17.6 Å². The zero-order valence-electron chi connectivity index (χ0n) is 7.69. The third-order valence-corrected chi connectivity index (χ3v) is 1.42. The number of hydrogen-bond donors (Lipinski definition) is 2. The first-order valence-electron chi connectivity index (χ1n) is 3.93. The Kier molecular flexibility index (Phi) is 3.28. The van der Waals surface area contributed by atoms with E-state index in [0.717, 1.165) is 6.20 Å². The van der Waals surface area contributed by atoms with E-state index in [2.05, 4.69) is 15.3 Å². The van der Waals surface area contributed by atoms with Gasteiger partial charge < -0.3 is 10.6 Å². The van der Waals surface area contributed by atoms with Crippen LogP contribution in [0.25, 0.3) is 0 Å². The first-order valence-corrected chi connectivity index (χ1v) is 3.93. The molecule has 0 spiro atoms. The molecule has 0 aliphatic rings. The van der Waals surface area contributed by atoms with Crippen LogP contribution in [0.1, 0.15) is 0 Å². The summed E-state index contributed by atoms with van der Waals surface area (Å²) >= 11 is 0. The lowest BCUT2D eigenvalue weighted by Gasteiger charge is -2.09. The van der Waals surface area contributed by atoms with Crippen LogP contribution in [0.4, 0.5) is 29.3 Å². The van der Waals surface area contributed by atoms with Gasteiger partial charge in [-0.3, -0.25) is 0 Å². The number of rotatable bonds is 3. The van der Waals surface area contributed by atoms with E-state index in [4.69, 9.17) is 0 Å². The number of halogens is 4. The maximum atomic E-state index is 12.9. The van der Waals surface area contributed by atoms with Gasteiger partial charge in [0.25, 0.3) is 0 Å². The lowest BCUT2D eigenvalue weighted by Crippen LogP contribution is -2.22. The molecule has 8 heteroatoms. The predicted molar refractivity (Wildman–Crippen MR) is 46.1 cm³/mol. The molecule has 0 fully saturated rings. The molecule has 0 aliphatic carbocycles. The first-order chi connectivity index (χ1) is 6.92. The average Bonchev–Trinajstić information content (AvgIpc) is 2.15. The third-order valence-electron chi connectivity index (χ3n) is 1.42. The molecule has 84 valence electrons. The van der Waals surface area contributed by atoms with Gasteiger partial charge in [-0.25, -0.2) is 9.37 Å². The van der Waals surface area contributed by atoms with Crippen LogP contribution in [0.3, 0.4) is 0 Å². The molecule has 0 amide bonds. The van der Waals surface area contributed by atoms with Crippen molar-refractivity contribution >= 4 is 11.8 Å². The highest BCUT2D eigenvalue weighted by molar-refractivity contribution is 5.40. The molecule has 1 heterocycles. The van der Waals surface area contributed by atoms with Gasteiger partial charge in [0.1, 0.15) is 6.54 Å². The Hall–Kier alpha value is -1.60. The Morgan fingerprint density at radius 2 is 2.07 bits per heavy atom. The summed E-state index contributed by atoms with van der Waals surface area (Å²) in [5, 5.41) is 4.32. The van der Waals surface area contributed by atoms with E-state index >= 15 is 0 Å². The Balaban J connectivity index is 2.75. The van der Waals surface area contributed by atoms with E-state index in [1.807, 2.05) is 5.32 Å². The molecule has 1 rings (SSSR count). The van der Waals surface area contributed by atoms with Gasteiger partial charge in [-0.2, -0.15) is 18.2 Å². The van der Waals surface area contributed by atoms with E-state index < -0.39 is 24.4 Å². The number of nitrogens with one attached hydrogen (secondary N) is 2. The van der Waals surface area contributed by atoms with Crippen LogP contribution in [-0.2, 0) is 0 Å². The normalized spacial score (nSPS) is 11.3. The molecule has 15 heavy (non-hydrogen) atoms. The summed E-state index contributed by atoms with van der Waals surface area (Å²) < 4.78 is 48.3. The second-order valence-corrected chi connectivity index (χ2v) is 2.61. The smallest absolute Gasteiger partial charge is 0.359 e. The molecule has 0 saturated heterocycles. The zero-order valence-corrected chi connectivity index (χ0v) is 7.69. The van der Waals surface area contributed by atoms with Gasteiger partial charge in [0.05, 0.1) is 6.20 Å². The van der Waals surface area contributed by atoms with Crippen LogP contribution in [-0.4, -0.2) is 29.7 Å². The Bertz CT molecular complexity index is 338. The van der Waals surface area contributed by atoms with Gasteiger partial charge >= 0.3 is 6.18 Å². The SMILES string of the molecule is CNc1ncc(F)c(NCC(F)(F)F)n1. The summed E-state index contributed by atoms with van der Waals surface area (Å²) in [7, 11) is 1.47. The summed E-state index contributed by atoms with van der Waals surface area (Å²) in [4.78, 5) is 6.97. The van der Waals surface area contributed by atoms with Crippen molar-refractivity contribution in [3.63, 3.8) is 0 Å². The molecule has 4 nitrogen and oxygen atoms in total. The molecule has 0 saturated carbocycles. The van der Waals surface area contributed by atoms with Crippen molar-refractivity contribution in [3.05, 3.63) is 12.0 Å². The quantitative estimate of drug-likeness (QED) is 0.766. The molecule has 1 aromatic heterocycles. The molecule has 0 aliphatic heterocycles. The molecule has 0 bridgehead atoms. The van der Waals surface area contributed by atoms with Crippen molar-refractivity contribution in [2.45, 2.75) is 6.18 Å². The van der Waals surface area contributed by atoms with Gasteiger partial charge in [0.2, 0.25) is 5.95 Å². The number of aromatic nitrogens is 2. The second-order valence-electron chi connectivity index (χ2n) is 2.61. The fourth-order valence-electron chi connectivity index (χ4n) is 0.795. The highest BCUT2D eigenvalue weighted by Gasteiger charge is 2.27. The fourth-order valence-corrected chi connectivity index (χ4v) is 0.795. The molecule has 0 atom stereocenters. The molecule has 0 unspecified atom stereocenters. The molecule has 0 aromatic carbocycles. The lowest BCUT2D eigenvalue weighted by atomic mass is 10.5. The van der Waals surface area contributed by atoms with Gasteiger partial charge in [0, 0.05) is 7.05 Å². The average molecular weight is 224 g/mol. The molecule has 2 N–H and O–H groups in total. The van der Waals surface area contributed by atoms with Crippen molar-refractivity contribution in [2.24, 2.45) is 0 Å². The Morgan fingerprint density at radius 1 is 1.40 bits per heavy atom. The maximum absolute atomic E-state index is 12.9. The highest BCUT2D eigenvalue weighted by atomic mass is 19.4. The van der Waals surface area contributed by atoms with Crippen LogP contribution >= 0.6 is 0 Å². The molecule has 1 aromatic rings. The van der Waals surface area contributed by atoms with Gasteiger partial charge in [-0.1, -0.05) is 0 Å². The number of nitrogens with zero attached hydrogens (tertiary/aromatic N) is 2. The van der Waals surface area contributed by atoms with Gasteiger partial charge in [-0.05, 0) is 0 Å². The van der Waals surface area contributed by atoms with E-state index in [-0.39, 0.29) is 5.95 Å². The van der Waals surface area contributed by atoms with Crippen molar-refractivity contribution in [2.75, 3.05) is 24.2 Å². The van der Waals surface area contributed by atoms with Crippen LogP contribution < -0.4 is 10.6 Å². The van der Waals surface area contributed by atoms with Gasteiger partial charge in [-0.15, -0.1) is 0 Å². The van der Waals surface area contributed by atoms with Crippen LogP contribution in [0.2, 0.25) is 0 Å². The minimum absolute atomic E-state index is 0.0427. The summed E-state index contributed by atoms with van der Waals surface area (Å²) in [5.74, 6) is -1.37. The number of anilines is 2.